The van der Waals surface area contributed by atoms with Crippen molar-refractivity contribution in [3.8, 4) is 0 Å². The first-order chi connectivity index (χ1) is 8.90. The minimum absolute atomic E-state index is 0.0907. The van der Waals surface area contributed by atoms with Crippen LogP contribution in [0.2, 0.25) is 0 Å². The third-order valence-electron chi connectivity index (χ3n) is 2.54. The number of ether oxygens (including phenoxy) is 1. The van der Waals surface area contributed by atoms with Gasteiger partial charge in [0, 0.05) is 7.05 Å². The molecule has 0 bridgehead atoms. The maximum absolute atomic E-state index is 11.6. The summed E-state index contributed by atoms with van der Waals surface area (Å²) in [7, 11) is 2.54. The summed E-state index contributed by atoms with van der Waals surface area (Å²) >= 11 is 0. The van der Waals surface area contributed by atoms with Crippen LogP contribution in [0.5, 0.6) is 0 Å². The van der Waals surface area contributed by atoms with Crippen LogP contribution in [-0.2, 0) is 19.1 Å². The number of imide groups is 1. The maximum Gasteiger partial charge on any atom is 0.330 e. The number of aliphatic hydroxyl groups is 1. The normalized spacial score (nSPS) is 16.6. The van der Waals surface area contributed by atoms with E-state index >= 15 is 0 Å². The largest absolute Gasteiger partial charge is 0.467 e. The number of nitrogens with zero attached hydrogens (tertiary/aromatic N) is 2. The molecule has 1 rings (SSSR count). The molecule has 1 saturated heterocycles. The summed E-state index contributed by atoms with van der Waals surface area (Å²) in [4.78, 5) is 47.6. The van der Waals surface area contributed by atoms with Crippen molar-refractivity contribution in [2.75, 3.05) is 33.9 Å². The van der Waals surface area contributed by atoms with Gasteiger partial charge in [-0.05, 0) is 0 Å². The molecule has 0 aromatic rings. The third kappa shape index (κ3) is 3.41. The molecule has 9 heteroatoms. The molecule has 1 heterocycles. The third-order valence-corrected chi connectivity index (χ3v) is 2.54. The first-order valence-electron chi connectivity index (χ1n) is 5.44. The van der Waals surface area contributed by atoms with Gasteiger partial charge in [0.25, 0.3) is 5.91 Å². The molecule has 0 spiro atoms. The number of amides is 4. The number of rotatable bonds is 5. The molecule has 4 amide bonds. The van der Waals surface area contributed by atoms with E-state index in [9.17, 15) is 19.2 Å². The summed E-state index contributed by atoms with van der Waals surface area (Å²) < 4.78 is 4.36. The van der Waals surface area contributed by atoms with E-state index in [-0.39, 0.29) is 6.54 Å². The van der Waals surface area contributed by atoms with Crippen LogP contribution in [0, 0.1) is 0 Å². The number of hydrogen-bond donors (Lipinski definition) is 2. The smallest absolute Gasteiger partial charge is 0.330 e. The summed E-state index contributed by atoms with van der Waals surface area (Å²) in [6, 6.07) is -1.80. The highest BCUT2D eigenvalue weighted by molar-refractivity contribution is 6.04. The number of aliphatic hydroxyl groups excluding tert-OH is 1. The van der Waals surface area contributed by atoms with E-state index in [0.29, 0.717) is 0 Å². The predicted octanol–water partition coefficient (Wildman–Crippen LogP) is -2.47. The molecular formula is C10H15N3O6. The molecule has 0 aliphatic carbocycles. The average Bonchev–Trinajstić information content (AvgIpc) is 2.61. The zero-order chi connectivity index (χ0) is 14.6. The lowest BCUT2D eigenvalue weighted by Crippen LogP contribution is -2.49. The molecule has 1 unspecified atom stereocenters. The summed E-state index contributed by atoms with van der Waals surface area (Å²) in [5.74, 6) is -2.05. The topological polar surface area (TPSA) is 116 Å². The summed E-state index contributed by atoms with van der Waals surface area (Å²) in [6.07, 6.45) is 0. The summed E-state index contributed by atoms with van der Waals surface area (Å²) in [5, 5.41) is 11.1. The Hall–Kier alpha value is -2.16. The lowest BCUT2D eigenvalue weighted by molar-refractivity contribution is -0.146. The number of carbonyl (C=O) groups excluding carboxylic acids is 4. The van der Waals surface area contributed by atoms with E-state index in [1.54, 1.807) is 0 Å². The summed E-state index contributed by atoms with van der Waals surface area (Å²) in [6.45, 7) is -1.23. The molecule has 106 valence electrons. The molecule has 0 aromatic carbocycles. The van der Waals surface area contributed by atoms with Crippen molar-refractivity contribution in [2.45, 2.75) is 6.04 Å². The quantitative estimate of drug-likeness (QED) is 0.423. The van der Waals surface area contributed by atoms with E-state index in [1.165, 1.54) is 11.9 Å². The van der Waals surface area contributed by atoms with Crippen LogP contribution in [-0.4, -0.2) is 78.6 Å². The molecule has 1 aliphatic rings. The number of methoxy groups -OCH3 is 1. The van der Waals surface area contributed by atoms with E-state index in [1.807, 2.05) is 0 Å². The molecule has 1 fully saturated rings. The fourth-order valence-corrected chi connectivity index (χ4v) is 1.53. The first-order valence-corrected chi connectivity index (χ1v) is 5.44. The minimum atomic E-state index is -1.22. The molecular weight excluding hydrogens is 258 g/mol. The highest BCUT2D eigenvalue weighted by atomic mass is 16.5. The van der Waals surface area contributed by atoms with Crippen LogP contribution in [0.3, 0.4) is 0 Å². The number of urea groups is 1. The SMILES string of the molecule is COC(=O)C(CO)NC(=O)CN1C(=O)CN(C)C1=O. The van der Waals surface area contributed by atoms with Gasteiger partial charge in [0.1, 0.15) is 13.1 Å². The van der Waals surface area contributed by atoms with Crippen LogP contribution in [0.4, 0.5) is 4.79 Å². The van der Waals surface area contributed by atoms with Gasteiger partial charge in [-0.15, -0.1) is 0 Å². The van der Waals surface area contributed by atoms with Crippen molar-refractivity contribution in [1.82, 2.24) is 15.1 Å². The number of likely N-dealkylation sites (N-methyl/N-ethyl adjacent to an activating group) is 1. The monoisotopic (exact) mass is 273 g/mol. The Bertz CT molecular complexity index is 410. The molecule has 1 atom stereocenters. The van der Waals surface area contributed by atoms with Gasteiger partial charge >= 0.3 is 12.0 Å². The van der Waals surface area contributed by atoms with Gasteiger partial charge in [-0.3, -0.25) is 14.5 Å². The van der Waals surface area contributed by atoms with Crippen molar-refractivity contribution in [2.24, 2.45) is 0 Å². The molecule has 0 aromatic heterocycles. The molecule has 0 saturated carbocycles. The Morgan fingerprint density at radius 3 is 2.53 bits per heavy atom. The van der Waals surface area contributed by atoms with Crippen molar-refractivity contribution in [3.05, 3.63) is 0 Å². The second kappa shape index (κ2) is 6.14. The Morgan fingerprint density at radius 1 is 1.47 bits per heavy atom. The Balaban J connectivity index is 2.58. The van der Waals surface area contributed by atoms with Gasteiger partial charge in [-0.25, -0.2) is 9.59 Å². The zero-order valence-electron chi connectivity index (χ0n) is 10.6. The van der Waals surface area contributed by atoms with Crippen LogP contribution in [0.25, 0.3) is 0 Å². The predicted molar refractivity (Wildman–Crippen MR) is 60.8 cm³/mol. The van der Waals surface area contributed by atoms with Gasteiger partial charge < -0.3 is 20.1 Å². The van der Waals surface area contributed by atoms with Crippen LogP contribution >= 0.6 is 0 Å². The van der Waals surface area contributed by atoms with Gasteiger partial charge in [-0.2, -0.15) is 0 Å². The number of nitrogens with one attached hydrogen (secondary N) is 1. The number of hydrogen-bond acceptors (Lipinski definition) is 6. The lowest BCUT2D eigenvalue weighted by Gasteiger charge is -2.17. The van der Waals surface area contributed by atoms with Gasteiger partial charge in [0.15, 0.2) is 6.04 Å². The minimum Gasteiger partial charge on any atom is -0.467 e. The van der Waals surface area contributed by atoms with Gasteiger partial charge in [0.05, 0.1) is 13.7 Å². The second-order valence-corrected chi connectivity index (χ2v) is 3.94. The molecule has 0 radical (unpaired) electrons. The van der Waals surface area contributed by atoms with Crippen molar-refractivity contribution >= 4 is 23.8 Å². The average molecular weight is 273 g/mol. The van der Waals surface area contributed by atoms with E-state index in [2.05, 4.69) is 10.1 Å². The highest BCUT2D eigenvalue weighted by Gasteiger charge is 2.35. The molecule has 2 N–H and O–H groups in total. The fourth-order valence-electron chi connectivity index (χ4n) is 1.53. The van der Waals surface area contributed by atoms with Crippen molar-refractivity contribution < 1.29 is 29.0 Å². The van der Waals surface area contributed by atoms with Gasteiger partial charge in [0.2, 0.25) is 5.91 Å². The van der Waals surface area contributed by atoms with Crippen LogP contribution < -0.4 is 5.32 Å². The van der Waals surface area contributed by atoms with Crippen LogP contribution in [0.1, 0.15) is 0 Å². The molecule has 9 nitrogen and oxygen atoms in total. The number of esters is 1. The number of carbonyl (C=O) groups is 4. The summed E-state index contributed by atoms with van der Waals surface area (Å²) in [5.41, 5.74) is 0. The van der Waals surface area contributed by atoms with Crippen LogP contribution in [0.15, 0.2) is 0 Å². The Morgan fingerprint density at radius 2 is 2.11 bits per heavy atom. The zero-order valence-corrected chi connectivity index (χ0v) is 10.6. The molecule has 19 heavy (non-hydrogen) atoms. The Kier molecular flexibility index (Phi) is 4.81. The fraction of sp³-hybridized carbons (Fsp3) is 0.600. The standard InChI is InChI=1S/C10H15N3O6/c1-12-4-8(16)13(10(12)18)3-7(15)11-6(5-14)9(17)19-2/h6,14H,3-5H2,1-2H3,(H,11,15). The van der Waals surface area contributed by atoms with E-state index in [0.717, 1.165) is 12.0 Å². The van der Waals surface area contributed by atoms with E-state index < -0.39 is 43.0 Å². The maximum atomic E-state index is 11.6. The lowest BCUT2D eigenvalue weighted by atomic mass is 10.3. The van der Waals surface area contributed by atoms with Crippen molar-refractivity contribution in [1.29, 1.82) is 0 Å². The van der Waals surface area contributed by atoms with Gasteiger partial charge in [-0.1, -0.05) is 0 Å². The first kappa shape index (κ1) is 14.9. The van der Waals surface area contributed by atoms with Crippen molar-refractivity contribution in [3.63, 3.8) is 0 Å². The second-order valence-electron chi connectivity index (χ2n) is 3.94. The highest BCUT2D eigenvalue weighted by Crippen LogP contribution is 2.06. The van der Waals surface area contributed by atoms with E-state index in [4.69, 9.17) is 5.11 Å². The molecule has 1 aliphatic heterocycles. The Labute approximate surface area is 109 Å².